The molecule has 2 rings (SSSR count). The van der Waals surface area contributed by atoms with Gasteiger partial charge in [0, 0.05) is 18.0 Å². The van der Waals surface area contributed by atoms with Gasteiger partial charge in [0.05, 0.1) is 16.5 Å². The first kappa shape index (κ1) is 16.9. The Balaban J connectivity index is 2.14. The van der Waals surface area contributed by atoms with Crippen molar-refractivity contribution in [3.63, 3.8) is 0 Å². The maximum atomic E-state index is 12.7. The molecule has 0 aliphatic carbocycles. The molecular weight excluding hydrogens is 308 g/mol. The van der Waals surface area contributed by atoms with Crippen molar-refractivity contribution >= 4 is 21.4 Å². The Morgan fingerprint density at radius 3 is 2.90 bits per heavy atom. The van der Waals surface area contributed by atoms with Gasteiger partial charge >= 0.3 is 0 Å². The third-order valence-corrected chi connectivity index (χ3v) is 6.71. The number of ether oxygens (including phenoxy) is 1. The Hall–Kier alpha value is -0.470. The van der Waals surface area contributed by atoms with Crippen LogP contribution in [0.25, 0.3) is 0 Å². The summed E-state index contributed by atoms with van der Waals surface area (Å²) in [7, 11) is -3.52. The second-order valence-electron chi connectivity index (χ2n) is 5.67. The second-order valence-corrected chi connectivity index (χ2v) is 8.32. The van der Waals surface area contributed by atoms with Crippen LogP contribution >= 0.6 is 11.3 Å². The van der Waals surface area contributed by atoms with E-state index in [0.717, 1.165) is 17.8 Å². The molecule has 1 aromatic heterocycles. The molecule has 0 amide bonds. The van der Waals surface area contributed by atoms with Crippen LogP contribution in [-0.4, -0.2) is 33.2 Å². The van der Waals surface area contributed by atoms with Crippen molar-refractivity contribution < 1.29 is 13.2 Å². The Labute approximate surface area is 131 Å². The summed E-state index contributed by atoms with van der Waals surface area (Å²) in [4.78, 5) is 1.24. The quantitative estimate of drug-likeness (QED) is 0.750. The van der Waals surface area contributed by atoms with Gasteiger partial charge in [-0.25, -0.2) is 13.1 Å². The van der Waals surface area contributed by atoms with Crippen molar-refractivity contribution in [2.24, 2.45) is 0 Å². The van der Waals surface area contributed by atoms with Gasteiger partial charge in [-0.05, 0) is 44.7 Å². The summed E-state index contributed by atoms with van der Waals surface area (Å²) >= 11 is 1.47. The molecule has 1 fully saturated rings. The predicted molar refractivity (Wildman–Crippen MR) is 85.1 cm³/mol. The van der Waals surface area contributed by atoms with Crippen molar-refractivity contribution in [1.82, 2.24) is 10.0 Å². The predicted octanol–water partition coefficient (Wildman–Crippen LogP) is 2.09. The van der Waals surface area contributed by atoms with E-state index in [-0.39, 0.29) is 6.10 Å². The molecule has 7 heteroatoms. The van der Waals surface area contributed by atoms with E-state index in [1.54, 1.807) is 6.07 Å². The Morgan fingerprint density at radius 1 is 1.52 bits per heavy atom. The molecule has 21 heavy (non-hydrogen) atoms. The summed E-state index contributed by atoms with van der Waals surface area (Å²) in [6.07, 6.45) is 1.60. The fourth-order valence-corrected chi connectivity index (χ4v) is 5.32. The number of nitrogens with one attached hydrogen (secondary N) is 2. The van der Waals surface area contributed by atoms with Crippen molar-refractivity contribution in [2.75, 3.05) is 13.2 Å². The molecule has 0 bridgehead atoms. The van der Waals surface area contributed by atoms with Crippen LogP contribution in [0, 0.1) is 0 Å². The molecule has 1 aliphatic rings. The molecule has 2 unspecified atom stereocenters. The fraction of sp³-hybridized carbons (Fsp3) is 0.714. The van der Waals surface area contributed by atoms with E-state index in [9.17, 15) is 8.42 Å². The van der Waals surface area contributed by atoms with Crippen LogP contribution in [0.5, 0.6) is 0 Å². The average molecular weight is 332 g/mol. The first-order valence-electron chi connectivity index (χ1n) is 7.32. The Kier molecular flexibility index (Phi) is 5.43. The van der Waals surface area contributed by atoms with Gasteiger partial charge in [0.15, 0.2) is 0 Å². The zero-order valence-corrected chi connectivity index (χ0v) is 14.4. The first-order valence-corrected chi connectivity index (χ1v) is 9.68. The minimum Gasteiger partial charge on any atom is -0.376 e. The van der Waals surface area contributed by atoms with Gasteiger partial charge in [0.1, 0.15) is 0 Å². The molecule has 2 N–H and O–H groups in total. The van der Waals surface area contributed by atoms with Gasteiger partial charge in [-0.1, -0.05) is 6.92 Å². The molecule has 2 heterocycles. The van der Waals surface area contributed by atoms with Crippen LogP contribution in [0.3, 0.4) is 0 Å². The van der Waals surface area contributed by atoms with Gasteiger partial charge in [-0.3, -0.25) is 0 Å². The molecule has 120 valence electrons. The van der Waals surface area contributed by atoms with E-state index < -0.39 is 15.6 Å². The van der Waals surface area contributed by atoms with Crippen molar-refractivity contribution in [1.29, 1.82) is 0 Å². The summed E-state index contributed by atoms with van der Waals surface area (Å²) in [5, 5.41) is 5.08. The van der Waals surface area contributed by atoms with E-state index in [4.69, 9.17) is 4.74 Å². The zero-order chi connectivity index (χ0) is 15.5. The normalized spacial score (nSPS) is 26.3. The first-order chi connectivity index (χ1) is 9.89. The highest BCUT2D eigenvalue weighted by Gasteiger charge is 2.41. The lowest BCUT2D eigenvalue weighted by Gasteiger charge is -2.28. The molecular formula is C14H24N2O3S2. The minimum absolute atomic E-state index is 0.118. The van der Waals surface area contributed by atoms with E-state index in [1.165, 1.54) is 11.3 Å². The Bertz CT molecular complexity index is 571. The molecule has 0 saturated carbocycles. The SMILES string of the molecule is CCCNCc1sccc1S(=O)(=O)NC1(C)CCOC1C. The lowest BCUT2D eigenvalue weighted by molar-refractivity contribution is 0.0957. The van der Waals surface area contributed by atoms with Crippen LogP contribution in [0.2, 0.25) is 0 Å². The van der Waals surface area contributed by atoms with Crippen LogP contribution in [-0.2, 0) is 21.3 Å². The van der Waals surface area contributed by atoms with Crippen molar-refractivity contribution in [2.45, 2.75) is 56.7 Å². The molecule has 1 aliphatic heterocycles. The molecule has 0 radical (unpaired) electrons. The summed E-state index contributed by atoms with van der Waals surface area (Å²) in [6.45, 7) is 7.96. The van der Waals surface area contributed by atoms with E-state index in [2.05, 4.69) is 17.0 Å². The molecule has 1 saturated heterocycles. The third-order valence-electron chi connectivity index (χ3n) is 3.96. The molecule has 2 atom stereocenters. The zero-order valence-electron chi connectivity index (χ0n) is 12.8. The molecule has 0 aromatic carbocycles. The summed E-state index contributed by atoms with van der Waals surface area (Å²) in [6, 6.07) is 1.68. The highest BCUT2D eigenvalue weighted by molar-refractivity contribution is 7.89. The number of hydrogen-bond acceptors (Lipinski definition) is 5. The topological polar surface area (TPSA) is 67.4 Å². The highest BCUT2D eigenvalue weighted by atomic mass is 32.2. The van der Waals surface area contributed by atoms with E-state index in [1.807, 2.05) is 19.2 Å². The monoisotopic (exact) mass is 332 g/mol. The van der Waals surface area contributed by atoms with Gasteiger partial charge in [0.25, 0.3) is 0 Å². The van der Waals surface area contributed by atoms with Crippen LogP contribution in [0.15, 0.2) is 16.3 Å². The molecule has 1 aromatic rings. The molecule has 0 spiro atoms. The lowest BCUT2D eigenvalue weighted by Crippen LogP contribution is -2.50. The smallest absolute Gasteiger partial charge is 0.242 e. The number of sulfonamides is 1. The van der Waals surface area contributed by atoms with Gasteiger partial charge < -0.3 is 10.1 Å². The largest absolute Gasteiger partial charge is 0.376 e. The van der Waals surface area contributed by atoms with Crippen LogP contribution < -0.4 is 10.0 Å². The van der Waals surface area contributed by atoms with Crippen LogP contribution in [0.1, 0.15) is 38.5 Å². The highest BCUT2D eigenvalue weighted by Crippen LogP contribution is 2.29. The summed E-state index contributed by atoms with van der Waals surface area (Å²) in [5.41, 5.74) is -0.533. The fourth-order valence-electron chi connectivity index (χ4n) is 2.41. The third kappa shape index (κ3) is 3.84. The number of rotatable bonds is 7. The number of hydrogen-bond donors (Lipinski definition) is 2. The maximum absolute atomic E-state index is 12.7. The van der Waals surface area contributed by atoms with E-state index >= 15 is 0 Å². The van der Waals surface area contributed by atoms with Crippen molar-refractivity contribution in [3.8, 4) is 0 Å². The summed E-state index contributed by atoms with van der Waals surface area (Å²) < 4.78 is 33.7. The maximum Gasteiger partial charge on any atom is 0.242 e. The van der Waals surface area contributed by atoms with Crippen LogP contribution in [0.4, 0.5) is 0 Å². The molecule has 5 nitrogen and oxygen atoms in total. The van der Waals surface area contributed by atoms with Crippen molar-refractivity contribution in [3.05, 3.63) is 16.3 Å². The average Bonchev–Trinajstić information content (AvgIpc) is 2.98. The van der Waals surface area contributed by atoms with Gasteiger partial charge in [-0.15, -0.1) is 11.3 Å². The summed E-state index contributed by atoms with van der Waals surface area (Å²) in [5.74, 6) is 0. The standard InChI is InChI=1S/C14H24N2O3S2/c1-4-7-15-10-12-13(5-9-20-12)21(17,18)16-14(3)6-8-19-11(14)2/h5,9,11,15-16H,4,6-8,10H2,1-3H3. The van der Waals surface area contributed by atoms with Gasteiger partial charge in [-0.2, -0.15) is 0 Å². The number of thiophene rings is 1. The van der Waals surface area contributed by atoms with E-state index in [0.29, 0.717) is 24.5 Å². The lowest BCUT2D eigenvalue weighted by atomic mass is 9.97. The second kappa shape index (κ2) is 6.75. The Morgan fingerprint density at radius 2 is 2.29 bits per heavy atom. The van der Waals surface area contributed by atoms with Gasteiger partial charge in [0.2, 0.25) is 10.0 Å². The minimum atomic E-state index is -3.52.